The van der Waals surface area contributed by atoms with Crippen molar-refractivity contribution < 1.29 is 4.39 Å². The first kappa shape index (κ1) is 14.1. The van der Waals surface area contributed by atoms with Gasteiger partial charge < -0.3 is 5.32 Å². The second-order valence-electron chi connectivity index (χ2n) is 4.56. The van der Waals surface area contributed by atoms with E-state index in [1.807, 2.05) is 24.3 Å². The second kappa shape index (κ2) is 6.21. The van der Waals surface area contributed by atoms with E-state index in [0.717, 1.165) is 29.7 Å². The molecule has 2 rings (SSSR count). The summed E-state index contributed by atoms with van der Waals surface area (Å²) in [5, 5.41) is 12.3. The maximum Gasteiger partial charge on any atom is 0.143 e. The first-order chi connectivity index (χ1) is 9.71. The molecule has 1 N–H and O–H groups in total. The van der Waals surface area contributed by atoms with Crippen LogP contribution in [-0.2, 0) is 12.8 Å². The Morgan fingerprint density at radius 2 is 1.65 bits per heavy atom. The Labute approximate surface area is 118 Å². The molecule has 0 radical (unpaired) electrons. The average molecular weight is 268 g/mol. The lowest BCUT2D eigenvalue weighted by atomic mass is 10.0. The fourth-order valence-electron chi connectivity index (χ4n) is 2.28. The van der Waals surface area contributed by atoms with Gasteiger partial charge in [-0.05, 0) is 36.1 Å². The number of nitriles is 1. The molecule has 0 amide bonds. The lowest BCUT2D eigenvalue weighted by Crippen LogP contribution is -2.02. The molecule has 20 heavy (non-hydrogen) atoms. The van der Waals surface area contributed by atoms with Crippen molar-refractivity contribution in [1.29, 1.82) is 5.26 Å². The zero-order valence-electron chi connectivity index (χ0n) is 11.7. The Kier molecular flexibility index (Phi) is 4.37. The molecule has 0 fully saturated rings. The van der Waals surface area contributed by atoms with Crippen molar-refractivity contribution in [3.63, 3.8) is 0 Å². The Hall–Kier alpha value is -2.34. The number of para-hydroxylation sites is 1. The number of nitrogens with one attached hydrogen (secondary N) is 1. The first-order valence-electron chi connectivity index (χ1n) is 6.77. The Balaban J connectivity index is 2.50. The average Bonchev–Trinajstić information content (AvgIpc) is 2.47. The zero-order valence-corrected chi connectivity index (χ0v) is 11.7. The SMILES string of the molecule is CCc1cccc(CC)c1Nc1cccc(F)c1C#N. The van der Waals surface area contributed by atoms with E-state index in [9.17, 15) is 4.39 Å². The summed E-state index contributed by atoms with van der Waals surface area (Å²) in [6.07, 6.45) is 1.76. The Bertz CT molecular complexity index is 634. The molecule has 3 heteroatoms. The van der Waals surface area contributed by atoms with Gasteiger partial charge in [-0.3, -0.25) is 0 Å². The zero-order chi connectivity index (χ0) is 14.5. The summed E-state index contributed by atoms with van der Waals surface area (Å²) in [5.41, 5.74) is 3.89. The summed E-state index contributed by atoms with van der Waals surface area (Å²) in [7, 11) is 0. The number of halogens is 1. The molecule has 0 spiro atoms. The lowest BCUT2D eigenvalue weighted by molar-refractivity contribution is 0.624. The van der Waals surface area contributed by atoms with Crippen molar-refractivity contribution in [3.05, 3.63) is 58.9 Å². The van der Waals surface area contributed by atoms with Crippen LogP contribution < -0.4 is 5.32 Å². The number of aryl methyl sites for hydroxylation is 2. The van der Waals surface area contributed by atoms with Crippen molar-refractivity contribution in [2.45, 2.75) is 26.7 Å². The van der Waals surface area contributed by atoms with Crippen LogP contribution in [0.5, 0.6) is 0 Å². The number of anilines is 2. The van der Waals surface area contributed by atoms with Crippen molar-refractivity contribution in [2.75, 3.05) is 5.32 Å². The highest BCUT2D eigenvalue weighted by Gasteiger charge is 2.11. The summed E-state index contributed by atoms with van der Waals surface area (Å²) >= 11 is 0. The molecule has 0 bridgehead atoms. The minimum Gasteiger partial charge on any atom is -0.354 e. The summed E-state index contributed by atoms with van der Waals surface area (Å²) in [4.78, 5) is 0. The van der Waals surface area contributed by atoms with E-state index in [1.54, 1.807) is 12.1 Å². The van der Waals surface area contributed by atoms with Crippen molar-refractivity contribution in [3.8, 4) is 6.07 Å². The van der Waals surface area contributed by atoms with Gasteiger partial charge in [-0.25, -0.2) is 4.39 Å². The highest BCUT2D eigenvalue weighted by atomic mass is 19.1. The van der Waals surface area contributed by atoms with Crippen LogP contribution >= 0.6 is 0 Å². The van der Waals surface area contributed by atoms with Gasteiger partial charge in [-0.2, -0.15) is 5.26 Å². The van der Waals surface area contributed by atoms with Crippen LogP contribution in [0.4, 0.5) is 15.8 Å². The maximum absolute atomic E-state index is 13.7. The van der Waals surface area contributed by atoms with Crippen LogP contribution in [0.1, 0.15) is 30.5 Å². The number of hydrogen-bond acceptors (Lipinski definition) is 2. The third kappa shape index (κ3) is 2.65. The quantitative estimate of drug-likeness (QED) is 0.882. The predicted molar refractivity (Wildman–Crippen MR) is 79.6 cm³/mol. The Morgan fingerprint density at radius 3 is 2.20 bits per heavy atom. The molecule has 0 unspecified atom stereocenters. The summed E-state index contributed by atoms with van der Waals surface area (Å²) in [5.74, 6) is -0.496. The topological polar surface area (TPSA) is 35.8 Å². The van der Waals surface area contributed by atoms with Crippen molar-refractivity contribution in [2.24, 2.45) is 0 Å². The molecule has 0 aliphatic heterocycles. The highest BCUT2D eigenvalue weighted by molar-refractivity contribution is 5.71. The van der Waals surface area contributed by atoms with Gasteiger partial charge in [0.2, 0.25) is 0 Å². The van der Waals surface area contributed by atoms with Crippen LogP contribution in [0.2, 0.25) is 0 Å². The van der Waals surface area contributed by atoms with E-state index in [1.165, 1.54) is 6.07 Å². The standard InChI is InChI=1S/C17H17FN2/c1-3-12-7-5-8-13(4-2)17(12)20-16-10-6-9-15(18)14(16)11-19/h5-10,20H,3-4H2,1-2H3. The predicted octanol–water partition coefficient (Wildman–Crippen LogP) is 4.57. The summed E-state index contributed by atoms with van der Waals surface area (Å²) in [6, 6.07) is 12.7. The largest absolute Gasteiger partial charge is 0.354 e. The van der Waals surface area contributed by atoms with E-state index in [0.29, 0.717) is 5.69 Å². The number of nitrogens with zero attached hydrogens (tertiary/aromatic N) is 1. The van der Waals surface area contributed by atoms with Crippen LogP contribution in [0, 0.1) is 17.1 Å². The second-order valence-corrected chi connectivity index (χ2v) is 4.56. The molecular formula is C17H17FN2. The van der Waals surface area contributed by atoms with E-state index in [2.05, 4.69) is 19.2 Å². The van der Waals surface area contributed by atoms with E-state index in [4.69, 9.17) is 5.26 Å². The molecule has 102 valence electrons. The monoisotopic (exact) mass is 268 g/mol. The van der Waals surface area contributed by atoms with Gasteiger partial charge in [0, 0.05) is 5.69 Å². The smallest absolute Gasteiger partial charge is 0.143 e. The molecule has 0 aliphatic rings. The Morgan fingerprint density at radius 1 is 1.05 bits per heavy atom. The van der Waals surface area contributed by atoms with Gasteiger partial charge in [0.1, 0.15) is 17.4 Å². The fourth-order valence-corrected chi connectivity index (χ4v) is 2.28. The third-order valence-corrected chi connectivity index (χ3v) is 3.38. The van der Waals surface area contributed by atoms with Crippen molar-refractivity contribution >= 4 is 11.4 Å². The van der Waals surface area contributed by atoms with Gasteiger partial charge in [0.05, 0.1) is 5.69 Å². The van der Waals surface area contributed by atoms with E-state index >= 15 is 0 Å². The number of benzene rings is 2. The molecule has 0 aliphatic carbocycles. The van der Waals surface area contributed by atoms with E-state index < -0.39 is 5.82 Å². The van der Waals surface area contributed by atoms with Crippen molar-refractivity contribution in [1.82, 2.24) is 0 Å². The summed E-state index contributed by atoms with van der Waals surface area (Å²) in [6.45, 7) is 4.16. The van der Waals surface area contributed by atoms with Gasteiger partial charge in [-0.15, -0.1) is 0 Å². The lowest BCUT2D eigenvalue weighted by Gasteiger charge is -2.16. The molecular weight excluding hydrogens is 251 g/mol. The molecule has 0 atom stereocenters. The van der Waals surface area contributed by atoms with Gasteiger partial charge in [0.15, 0.2) is 0 Å². The molecule has 0 saturated heterocycles. The van der Waals surface area contributed by atoms with E-state index in [-0.39, 0.29) is 5.56 Å². The number of rotatable bonds is 4. The number of hydrogen-bond donors (Lipinski definition) is 1. The molecule has 2 aromatic carbocycles. The molecule has 0 saturated carbocycles. The summed E-state index contributed by atoms with van der Waals surface area (Å²) < 4.78 is 13.7. The first-order valence-corrected chi connectivity index (χ1v) is 6.77. The van der Waals surface area contributed by atoms with Gasteiger partial charge in [-0.1, -0.05) is 38.1 Å². The molecule has 2 aromatic rings. The fraction of sp³-hybridized carbons (Fsp3) is 0.235. The minimum absolute atomic E-state index is 0.0560. The molecule has 2 nitrogen and oxygen atoms in total. The van der Waals surface area contributed by atoms with Crippen LogP contribution in [0.3, 0.4) is 0 Å². The maximum atomic E-state index is 13.7. The molecule has 0 heterocycles. The third-order valence-electron chi connectivity index (χ3n) is 3.38. The van der Waals surface area contributed by atoms with Crippen LogP contribution in [0.25, 0.3) is 0 Å². The highest BCUT2D eigenvalue weighted by Crippen LogP contribution is 2.28. The van der Waals surface area contributed by atoms with Crippen LogP contribution in [0.15, 0.2) is 36.4 Å². The van der Waals surface area contributed by atoms with Gasteiger partial charge in [0.25, 0.3) is 0 Å². The van der Waals surface area contributed by atoms with Gasteiger partial charge >= 0.3 is 0 Å². The minimum atomic E-state index is -0.496. The normalized spacial score (nSPS) is 10.1. The van der Waals surface area contributed by atoms with Crippen LogP contribution in [-0.4, -0.2) is 0 Å². The molecule has 0 aromatic heterocycles.